The number of benzene rings is 1. The summed E-state index contributed by atoms with van der Waals surface area (Å²) in [5, 5.41) is 13.8. The van der Waals surface area contributed by atoms with E-state index in [2.05, 4.69) is 24.4 Å². The molecule has 1 fully saturated rings. The van der Waals surface area contributed by atoms with Crippen molar-refractivity contribution in [3.05, 3.63) is 35.9 Å². The van der Waals surface area contributed by atoms with Gasteiger partial charge in [-0.05, 0) is 43.3 Å². The van der Waals surface area contributed by atoms with Gasteiger partial charge in [0.15, 0.2) is 0 Å². The van der Waals surface area contributed by atoms with Gasteiger partial charge in [0, 0.05) is 12.1 Å². The second-order valence-corrected chi connectivity index (χ2v) is 6.32. The summed E-state index contributed by atoms with van der Waals surface area (Å²) in [5.74, 6) is 2.50. The molecule has 0 aromatic heterocycles. The summed E-state index contributed by atoms with van der Waals surface area (Å²) in [6.45, 7) is 2.09. The van der Waals surface area contributed by atoms with Crippen LogP contribution in [-0.2, 0) is 6.42 Å². The zero-order chi connectivity index (χ0) is 12.8. The molecule has 100 valence electrons. The molecule has 2 nitrogen and oxygen atoms in total. The monoisotopic (exact) mass is 265 g/mol. The Labute approximate surface area is 114 Å². The van der Waals surface area contributed by atoms with Gasteiger partial charge in [0.2, 0.25) is 0 Å². The van der Waals surface area contributed by atoms with Crippen molar-refractivity contribution in [1.29, 1.82) is 0 Å². The van der Waals surface area contributed by atoms with Gasteiger partial charge >= 0.3 is 0 Å². The predicted molar refractivity (Wildman–Crippen MR) is 79.1 cm³/mol. The molecule has 1 aliphatic rings. The molecule has 2 atom stereocenters. The Morgan fingerprint density at radius 2 is 1.94 bits per heavy atom. The molecule has 2 unspecified atom stereocenters. The van der Waals surface area contributed by atoms with Crippen LogP contribution in [0.15, 0.2) is 30.3 Å². The maximum atomic E-state index is 10.2. The van der Waals surface area contributed by atoms with E-state index in [4.69, 9.17) is 0 Å². The van der Waals surface area contributed by atoms with E-state index in [9.17, 15) is 5.11 Å². The van der Waals surface area contributed by atoms with E-state index in [0.29, 0.717) is 6.04 Å². The van der Waals surface area contributed by atoms with E-state index in [1.807, 2.05) is 30.0 Å². The summed E-state index contributed by atoms with van der Waals surface area (Å²) in [4.78, 5) is 0. The SMILES string of the molecule is CC(NC1CCSCC1)C(O)Cc1ccccc1. The van der Waals surface area contributed by atoms with Gasteiger partial charge in [-0.3, -0.25) is 0 Å². The third-order valence-electron chi connectivity index (χ3n) is 3.58. The summed E-state index contributed by atoms with van der Waals surface area (Å²) in [6, 6.07) is 11.0. The first-order valence-corrected chi connectivity index (χ1v) is 7.97. The lowest BCUT2D eigenvalue weighted by Gasteiger charge is -2.29. The summed E-state index contributed by atoms with van der Waals surface area (Å²) in [6.07, 6.45) is 2.89. The van der Waals surface area contributed by atoms with Gasteiger partial charge in [0.25, 0.3) is 0 Å². The van der Waals surface area contributed by atoms with Crippen LogP contribution >= 0.6 is 11.8 Å². The zero-order valence-corrected chi connectivity index (χ0v) is 11.8. The van der Waals surface area contributed by atoms with E-state index >= 15 is 0 Å². The number of rotatable bonds is 5. The minimum absolute atomic E-state index is 0.165. The zero-order valence-electron chi connectivity index (χ0n) is 11.0. The highest BCUT2D eigenvalue weighted by Crippen LogP contribution is 2.18. The minimum Gasteiger partial charge on any atom is -0.391 e. The van der Waals surface area contributed by atoms with E-state index in [1.54, 1.807) is 0 Å². The quantitative estimate of drug-likeness (QED) is 0.858. The van der Waals surface area contributed by atoms with E-state index in [1.165, 1.54) is 29.9 Å². The molecule has 2 N–H and O–H groups in total. The lowest BCUT2D eigenvalue weighted by atomic mass is 10.0. The van der Waals surface area contributed by atoms with Gasteiger partial charge in [-0.25, -0.2) is 0 Å². The van der Waals surface area contributed by atoms with Crippen LogP contribution in [0.25, 0.3) is 0 Å². The minimum atomic E-state index is -0.304. The van der Waals surface area contributed by atoms with Crippen molar-refractivity contribution in [3.63, 3.8) is 0 Å². The van der Waals surface area contributed by atoms with Crippen molar-refractivity contribution < 1.29 is 5.11 Å². The summed E-state index contributed by atoms with van der Waals surface area (Å²) in [5.41, 5.74) is 1.21. The fraction of sp³-hybridized carbons (Fsp3) is 0.600. The van der Waals surface area contributed by atoms with Gasteiger partial charge in [-0.1, -0.05) is 30.3 Å². The molecule has 0 amide bonds. The Bertz CT molecular complexity index is 338. The number of hydrogen-bond acceptors (Lipinski definition) is 3. The summed E-state index contributed by atoms with van der Waals surface area (Å²) >= 11 is 2.03. The molecular weight excluding hydrogens is 242 g/mol. The van der Waals surface area contributed by atoms with Gasteiger partial charge in [-0.2, -0.15) is 11.8 Å². The van der Waals surface area contributed by atoms with Crippen LogP contribution in [0, 0.1) is 0 Å². The topological polar surface area (TPSA) is 32.3 Å². The molecule has 2 rings (SSSR count). The van der Waals surface area contributed by atoms with Crippen molar-refractivity contribution >= 4 is 11.8 Å². The maximum absolute atomic E-state index is 10.2. The molecule has 0 radical (unpaired) electrons. The number of hydrogen-bond donors (Lipinski definition) is 2. The van der Waals surface area contributed by atoms with Gasteiger partial charge < -0.3 is 10.4 Å². The lowest BCUT2D eigenvalue weighted by Crippen LogP contribution is -2.45. The van der Waals surface area contributed by atoms with Gasteiger partial charge in [-0.15, -0.1) is 0 Å². The predicted octanol–water partition coefficient (Wildman–Crippen LogP) is 2.46. The average Bonchev–Trinajstić information content (AvgIpc) is 2.41. The highest BCUT2D eigenvalue weighted by Gasteiger charge is 2.20. The third-order valence-corrected chi connectivity index (χ3v) is 4.63. The van der Waals surface area contributed by atoms with Crippen LogP contribution in [0.2, 0.25) is 0 Å². The third kappa shape index (κ3) is 4.30. The number of thioether (sulfide) groups is 1. The molecule has 1 aliphatic heterocycles. The molecule has 1 aromatic carbocycles. The van der Waals surface area contributed by atoms with E-state index < -0.39 is 0 Å². The van der Waals surface area contributed by atoms with Crippen LogP contribution in [0.3, 0.4) is 0 Å². The van der Waals surface area contributed by atoms with Crippen LogP contribution in [0.4, 0.5) is 0 Å². The van der Waals surface area contributed by atoms with Gasteiger partial charge in [0.05, 0.1) is 6.10 Å². The van der Waals surface area contributed by atoms with Crippen LogP contribution < -0.4 is 5.32 Å². The van der Waals surface area contributed by atoms with E-state index in [0.717, 1.165) is 6.42 Å². The Morgan fingerprint density at radius 1 is 1.28 bits per heavy atom. The van der Waals surface area contributed by atoms with Crippen LogP contribution in [0.5, 0.6) is 0 Å². The van der Waals surface area contributed by atoms with Crippen molar-refractivity contribution in [1.82, 2.24) is 5.32 Å². The first kappa shape index (κ1) is 13.9. The van der Waals surface area contributed by atoms with Crippen LogP contribution in [-0.4, -0.2) is 34.8 Å². The lowest BCUT2D eigenvalue weighted by molar-refractivity contribution is 0.127. The average molecular weight is 265 g/mol. The number of nitrogens with one attached hydrogen (secondary N) is 1. The highest BCUT2D eigenvalue weighted by molar-refractivity contribution is 7.99. The van der Waals surface area contributed by atoms with Crippen molar-refractivity contribution in [2.75, 3.05) is 11.5 Å². The fourth-order valence-corrected chi connectivity index (χ4v) is 3.49. The largest absolute Gasteiger partial charge is 0.391 e. The number of aliphatic hydroxyl groups excluding tert-OH is 1. The maximum Gasteiger partial charge on any atom is 0.0730 e. The fourth-order valence-electron chi connectivity index (χ4n) is 2.38. The molecule has 3 heteroatoms. The molecule has 1 saturated heterocycles. The smallest absolute Gasteiger partial charge is 0.0730 e. The first-order valence-electron chi connectivity index (χ1n) is 6.81. The Kier molecular flexibility index (Phi) is 5.54. The molecule has 1 heterocycles. The Balaban J connectivity index is 1.79. The molecule has 1 aromatic rings. The molecule has 0 bridgehead atoms. The van der Waals surface area contributed by atoms with Crippen molar-refractivity contribution in [3.8, 4) is 0 Å². The second kappa shape index (κ2) is 7.17. The normalized spacial score (nSPS) is 20.6. The van der Waals surface area contributed by atoms with Gasteiger partial charge in [0.1, 0.15) is 0 Å². The summed E-state index contributed by atoms with van der Waals surface area (Å²) in [7, 11) is 0. The Hall–Kier alpha value is -0.510. The standard InChI is InChI=1S/C15H23NOS/c1-12(16-14-7-9-18-10-8-14)15(17)11-13-5-3-2-4-6-13/h2-6,12,14-17H,7-11H2,1H3. The molecule has 0 spiro atoms. The Morgan fingerprint density at radius 3 is 2.61 bits per heavy atom. The molecule has 18 heavy (non-hydrogen) atoms. The van der Waals surface area contributed by atoms with Crippen LogP contribution in [0.1, 0.15) is 25.3 Å². The number of aliphatic hydroxyl groups is 1. The highest BCUT2D eigenvalue weighted by atomic mass is 32.2. The molecular formula is C15H23NOS. The summed E-state index contributed by atoms with van der Waals surface area (Å²) < 4.78 is 0. The van der Waals surface area contributed by atoms with Crippen molar-refractivity contribution in [2.24, 2.45) is 0 Å². The first-order chi connectivity index (χ1) is 8.75. The molecule has 0 aliphatic carbocycles. The van der Waals surface area contributed by atoms with E-state index in [-0.39, 0.29) is 12.1 Å². The second-order valence-electron chi connectivity index (χ2n) is 5.10. The van der Waals surface area contributed by atoms with Crippen molar-refractivity contribution in [2.45, 2.75) is 44.4 Å². The molecule has 0 saturated carbocycles.